The number of thiol groups is 1. The molecule has 0 bridgehead atoms. The van der Waals surface area contributed by atoms with E-state index in [0.29, 0.717) is 33.7 Å². The van der Waals surface area contributed by atoms with Gasteiger partial charge in [-0.25, -0.2) is 0 Å². The van der Waals surface area contributed by atoms with E-state index in [9.17, 15) is 19.8 Å². The number of phenols is 2. The van der Waals surface area contributed by atoms with E-state index in [1.165, 1.54) is 17.0 Å². The van der Waals surface area contributed by atoms with Crippen LogP contribution in [0.1, 0.15) is 76.6 Å². The second-order valence-corrected chi connectivity index (χ2v) is 15.7. The van der Waals surface area contributed by atoms with Crippen molar-refractivity contribution in [1.82, 2.24) is 25.4 Å². The van der Waals surface area contributed by atoms with E-state index in [2.05, 4.69) is 47.3 Å². The number of ether oxygens (including phenoxy) is 1. The highest BCUT2D eigenvalue weighted by Crippen LogP contribution is 2.40. The van der Waals surface area contributed by atoms with Gasteiger partial charge in [0.25, 0.3) is 0 Å². The lowest BCUT2D eigenvalue weighted by Gasteiger charge is -2.25. The number of carbonyl (C=O) groups excluding carboxylic acids is 2. The molecule has 296 valence electrons. The number of carbonyl (C=O) groups is 2. The summed E-state index contributed by atoms with van der Waals surface area (Å²) in [7, 11) is 0. The molecule has 1 atom stereocenters. The SMILES string of the molecule is Cc1sc2c(c1C)C(c1ccc(Cl)cc1)=N[C@@H](CC(=O)NCC(=O)NCCOc1ccc(N(C(=N)S)C(=N)c3cc(C(C)C)c(O)cc3O)cc1)c1nnc(C)n1-2. The summed E-state index contributed by atoms with van der Waals surface area (Å²) in [5.74, 6) is 0.246. The zero-order valence-electron chi connectivity index (χ0n) is 31.8. The Balaban J connectivity index is 1.04. The van der Waals surface area contributed by atoms with Gasteiger partial charge < -0.3 is 25.6 Å². The molecule has 0 fully saturated rings. The molecule has 2 amide bonds. The average Bonchev–Trinajstić information content (AvgIpc) is 3.64. The second kappa shape index (κ2) is 17.2. The van der Waals surface area contributed by atoms with Gasteiger partial charge in [-0.3, -0.25) is 34.9 Å². The van der Waals surface area contributed by atoms with Gasteiger partial charge in [0.2, 0.25) is 11.8 Å². The van der Waals surface area contributed by atoms with Crippen molar-refractivity contribution in [3.05, 3.63) is 110 Å². The van der Waals surface area contributed by atoms with Gasteiger partial charge in [0.05, 0.1) is 30.8 Å². The molecule has 6 rings (SSSR count). The number of halogens is 1. The Kier molecular flexibility index (Phi) is 12.4. The maximum atomic E-state index is 13.3. The minimum Gasteiger partial charge on any atom is -0.508 e. The quantitative estimate of drug-likeness (QED) is 0.0310. The molecule has 57 heavy (non-hydrogen) atoms. The molecule has 0 radical (unpaired) electrons. The number of fused-ring (bicyclic) bond motifs is 3. The fraction of sp³-hybridized carbons (Fsp3) is 0.275. The highest BCUT2D eigenvalue weighted by Gasteiger charge is 2.32. The Bertz CT molecular complexity index is 2390. The predicted molar refractivity (Wildman–Crippen MR) is 226 cm³/mol. The smallest absolute Gasteiger partial charge is 0.239 e. The van der Waals surface area contributed by atoms with E-state index in [4.69, 9.17) is 32.1 Å². The summed E-state index contributed by atoms with van der Waals surface area (Å²) in [4.78, 5) is 33.4. The monoisotopic (exact) mass is 827 g/mol. The van der Waals surface area contributed by atoms with Gasteiger partial charge in [-0.15, -0.1) is 34.2 Å². The zero-order chi connectivity index (χ0) is 41.1. The van der Waals surface area contributed by atoms with Crippen LogP contribution in [0.3, 0.4) is 0 Å². The first-order valence-electron chi connectivity index (χ1n) is 18.0. The number of rotatable bonds is 12. The van der Waals surface area contributed by atoms with Crippen molar-refractivity contribution >= 4 is 69.8 Å². The Morgan fingerprint density at radius 3 is 2.37 bits per heavy atom. The number of benzene rings is 3. The molecule has 5 aromatic rings. The lowest BCUT2D eigenvalue weighted by atomic mass is 9.98. The molecule has 0 saturated carbocycles. The van der Waals surface area contributed by atoms with Crippen LogP contribution in [0.25, 0.3) is 5.00 Å². The van der Waals surface area contributed by atoms with E-state index in [1.807, 2.05) is 37.5 Å². The van der Waals surface area contributed by atoms with Gasteiger partial charge in [0.15, 0.2) is 11.0 Å². The van der Waals surface area contributed by atoms with E-state index < -0.39 is 11.9 Å². The molecular weight excluding hydrogens is 786 g/mol. The van der Waals surface area contributed by atoms with Crippen LogP contribution in [-0.2, 0) is 9.59 Å². The largest absolute Gasteiger partial charge is 0.508 e. The molecule has 1 aliphatic rings. The number of anilines is 1. The van der Waals surface area contributed by atoms with Crippen molar-refractivity contribution in [3.8, 4) is 22.2 Å². The van der Waals surface area contributed by atoms with E-state index in [0.717, 1.165) is 32.3 Å². The van der Waals surface area contributed by atoms with Crippen molar-refractivity contribution in [3.63, 3.8) is 0 Å². The second-order valence-electron chi connectivity index (χ2n) is 13.7. The number of aryl methyl sites for hydroxylation is 2. The summed E-state index contributed by atoms with van der Waals surface area (Å²) >= 11 is 12.0. The number of nitrogens with zero attached hydrogens (tertiary/aromatic N) is 5. The number of amidine groups is 2. The molecule has 6 N–H and O–H groups in total. The molecular formula is C40H42ClN9O5S2. The third-order valence-electron chi connectivity index (χ3n) is 9.43. The predicted octanol–water partition coefficient (Wildman–Crippen LogP) is 6.73. The molecule has 3 aromatic carbocycles. The van der Waals surface area contributed by atoms with E-state index in [-0.39, 0.29) is 66.0 Å². The summed E-state index contributed by atoms with van der Waals surface area (Å²) in [6, 6.07) is 16.0. The summed E-state index contributed by atoms with van der Waals surface area (Å²) in [6.45, 7) is 9.78. The number of aromatic nitrogens is 3. The fourth-order valence-electron chi connectivity index (χ4n) is 6.40. The van der Waals surface area contributed by atoms with Gasteiger partial charge >= 0.3 is 0 Å². The number of hydrogen-bond donors (Lipinski definition) is 7. The molecule has 0 aliphatic carbocycles. The number of aliphatic imine (C=N–C) groups is 1. The van der Waals surface area contributed by atoms with Crippen LogP contribution < -0.4 is 20.3 Å². The lowest BCUT2D eigenvalue weighted by molar-refractivity contribution is -0.126. The third-order valence-corrected chi connectivity index (χ3v) is 11.1. The van der Waals surface area contributed by atoms with Crippen molar-refractivity contribution in [2.45, 2.75) is 53.0 Å². The topological polar surface area (TPSA) is 202 Å². The zero-order valence-corrected chi connectivity index (χ0v) is 34.3. The van der Waals surface area contributed by atoms with Crippen LogP contribution in [0.5, 0.6) is 17.2 Å². The van der Waals surface area contributed by atoms with Crippen LogP contribution in [-0.4, -0.2) is 73.2 Å². The number of thiophene rings is 1. The molecule has 17 heteroatoms. The van der Waals surface area contributed by atoms with Crippen molar-refractivity contribution in [2.24, 2.45) is 4.99 Å². The molecule has 14 nitrogen and oxygen atoms in total. The normalized spacial score (nSPS) is 13.3. The van der Waals surface area contributed by atoms with Crippen molar-refractivity contribution in [1.29, 1.82) is 10.8 Å². The first kappa shape index (κ1) is 40.9. The Morgan fingerprint density at radius 2 is 1.70 bits per heavy atom. The summed E-state index contributed by atoms with van der Waals surface area (Å²) in [5.41, 5.74) is 4.72. The Labute approximate surface area is 344 Å². The third kappa shape index (κ3) is 8.82. The first-order valence-corrected chi connectivity index (χ1v) is 19.6. The van der Waals surface area contributed by atoms with Gasteiger partial charge in [0, 0.05) is 32.8 Å². The summed E-state index contributed by atoms with van der Waals surface area (Å²) < 4.78 is 7.74. The van der Waals surface area contributed by atoms with Gasteiger partial charge in [-0.05, 0) is 80.3 Å². The van der Waals surface area contributed by atoms with Crippen LogP contribution in [0.4, 0.5) is 5.69 Å². The minimum atomic E-state index is -0.673. The molecule has 0 unspecified atom stereocenters. The summed E-state index contributed by atoms with van der Waals surface area (Å²) in [5, 5.41) is 53.1. The Morgan fingerprint density at radius 1 is 1.00 bits per heavy atom. The van der Waals surface area contributed by atoms with Crippen LogP contribution in [0.15, 0.2) is 65.7 Å². The molecule has 1 aliphatic heterocycles. The maximum Gasteiger partial charge on any atom is 0.239 e. The van der Waals surface area contributed by atoms with Crippen molar-refractivity contribution < 1.29 is 24.5 Å². The number of amides is 2. The van der Waals surface area contributed by atoms with Crippen LogP contribution in [0, 0.1) is 31.6 Å². The van der Waals surface area contributed by atoms with Gasteiger partial charge in [-0.2, -0.15) is 0 Å². The van der Waals surface area contributed by atoms with Gasteiger partial charge in [0.1, 0.15) is 46.6 Å². The minimum absolute atomic E-state index is 0.0622. The molecule has 3 heterocycles. The number of aromatic hydroxyl groups is 2. The highest BCUT2D eigenvalue weighted by atomic mass is 35.5. The number of nitrogens with one attached hydrogen (secondary N) is 4. The Hall–Kier alpha value is -5.71. The van der Waals surface area contributed by atoms with E-state index >= 15 is 0 Å². The molecule has 0 spiro atoms. The highest BCUT2D eigenvalue weighted by molar-refractivity contribution is 7.97. The molecule has 0 saturated heterocycles. The van der Waals surface area contributed by atoms with Crippen LogP contribution >= 0.6 is 35.6 Å². The lowest BCUT2D eigenvalue weighted by Crippen LogP contribution is -2.38. The molecule has 2 aromatic heterocycles. The average molecular weight is 828 g/mol. The standard InChI is InChI=1S/C40H42ClN9O5S2/c1-20(2)28-16-29(32(52)18-31(28)51)37(42)50(40(43)56)26-10-12-27(13-11-26)55-15-14-44-34(54)19-45-33(53)17-30-38-48-47-23(5)49(38)39-35(21(3)22(4)57-39)36(46-30)24-6-8-25(41)9-7-24/h6-13,16,18,20,30,42,51-52H,14-15,17,19H2,1-5H3,(H2,43,56)(H,44,54)(H,45,53)/t30-/m0/s1. The van der Waals surface area contributed by atoms with Gasteiger partial charge in [-0.1, -0.05) is 37.6 Å². The fourth-order valence-corrected chi connectivity index (χ4v) is 7.95. The van der Waals surface area contributed by atoms with Crippen molar-refractivity contribution in [2.75, 3.05) is 24.6 Å². The first-order chi connectivity index (χ1) is 27.1. The van der Waals surface area contributed by atoms with Crippen LogP contribution in [0.2, 0.25) is 5.02 Å². The van der Waals surface area contributed by atoms with E-state index in [1.54, 1.807) is 47.7 Å². The number of hydrogen-bond acceptors (Lipinski definition) is 11. The number of phenolic OH excluding ortho intramolecular Hbond substituents is 2. The summed E-state index contributed by atoms with van der Waals surface area (Å²) in [6.07, 6.45) is -0.0622. The maximum absolute atomic E-state index is 13.3.